The molecule has 0 unspecified atom stereocenters. The number of benzene rings is 1. The highest BCUT2D eigenvalue weighted by Gasteiger charge is 2.38. The molecule has 2 fully saturated rings. The lowest BCUT2D eigenvalue weighted by molar-refractivity contribution is -0.312. The number of halogens is 2. The van der Waals surface area contributed by atoms with Crippen molar-refractivity contribution in [1.29, 1.82) is 5.26 Å². The van der Waals surface area contributed by atoms with Crippen LogP contribution in [-0.4, -0.2) is 19.2 Å². The van der Waals surface area contributed by atoms with E-state index in [-0.39, 0.29) is 11.5 Å². The Morgan fingerprint density at radius 3 is 2.50 bits per heavy atom. The molecule has 1 aromatic carbocycles. The summed E-state index contributed by atoms with van der Waals surface area (Å²) in [5.41, 5.74) is -0.211. The van der Waals surface area contributed by atoms with Crippen LogP contribution in [0.4, 0.5) is 8.78 Å². The zero-order valence-electron chi connectivity index (χ0n) is 14.2. The number of hydrogen-bond donors (Lipinski definition) is 0. The number of nitrogens with zero attached hydrogens (tertiary/aromatic N) is 1. The van der Waals surface area contributed by atoms with Crippen LogP contribution in [0.2, 0.25) is 0 Å². The van der Waals surface area contributed by atoms with E-state index in [1.54, 1.807) is 12.1 Å². The third-order valence-electron chi connectivity index (χ3n) is 5.27. The summed E-state index contributed by atoms with van der Waals surface area (Å²) in [5.74, 6) is -1.07. The molecule has 0 aliphatic heterocycles. The lowest BCUT2D eigenvalue weighted by Crippen LogP contribution is -2.38. The molecule has 0 amide bonds. The number of carbonyl (C=O) groups is 1. The normalized spacial score (nSPS) is 25.5. The van der Waals surface area contributed by atoms with Gasteiger partial charge in [0.05, 0.1) is 18.1 Å². The first kappa shape index (κ1) is 18.4. The Kier molecular flexibility index (Phi) is 5.30. The molecule has 2 aliphatic rings. The maximum atomic E-state index is 12.6. The van der Waals surface area contributed by atoms with Crippen LogP contribution in [0.1, 0.15) is 44.1 Å². The summed E-state index contributed by atoms with van der Waals surface area (Å²) in [6.45, 7) is -2.54. The highest BCUT2D eigenvalue weighted by molar-refractivity contribution is 5.68. The second-order valence-electron chi connectivity index (χ2n) is 7.08. The van der Waals surface area contributed by atoms with Crippen LogP contribution >= 0.6 is 0 Å². The van der Waals surface area contributed by atoms with E-state index in [9.17, 15) is 23.9 Å². The third kappa shape index (κ3) is 4.06. The molecule has 2 saturated carbocycles. The van der Waals surface area contributed by atoms with E-state index >= 15 is 0 Å². The van der Waals surface area contributed by atoms with Crippen LogP contribution in [0.3, 0.4) is 0 Å². The molecule has 26 heavy (non-hydrogen) atoms. The van der Waals surface area contributed by atoms with E-state index in [1.165, 1.54) is 6.07 Å². The van der Waals surface area contributed by atoms with Crippen LogP contribution in [0.5, 0.6) is 11.5 Å². The van der Waals surface area contributed by atoms with E-state index in [2.05, 4.69) is 10.8 Å². The van der Waals surface area contributed by atoms with E-state index < -0.39 is 23.9 Å². The van der Waals surface area contributed by atoms with Crippen LogP contribution in [0, 0.1) is 23.2 Å². The van der Waals surface area contributed by atoms with Gasteiger partial charge < -0.3 is 19.4 Å². The first-order valence-electron chi connectivity index (χ1n) is 8.78. The molecule has 0 bridgehead atoms. The minimum absolute atomic E-state index is 0.0547. The molecule has 1 aromatic rings. The molecule has 140 valence electrons. The van der Waals surface area contributed by atoms with Crippen LogP contribution < -0.4 is 14.6 Å². The highest BCUT2D eigenvalue weighted by Crippen LogP contribution is 2.44. The molecule has 0 heterocycles. The van der Waals surface area contributed by atoms with Gasteiger partial charge in [-0.3, -0.25) is 0 Å². The van der Waals surface area contributed by atoms with Crippen LogP contribution in [-0.2, 0) is 10.2 Å². The Hall–Kier alpha value is -2.36. The van der Waals surface area contributed by atoms with Crippen LogP contribution in [0.25, 0.3) is 0 Å². The van der Waals surface area contributed by atoms with Crippen molar-refractivity contribution in [2.75, 3.05) is 6.61 Å². The second-order valence-corrected chi connectivity index (χ2v) is 7.08. The first-order valence-corrected chi connectivity index (χ1v) is 8.78. The third-order valence-corrected chi connectivity index (χ3v) is 5.27. The van der Waals surface area contributed by atoms with E-state index in [0.29, 0.717) is 43.8 Å². The predicted octanol–water partition coefficient (Wildman–Crippen LogP) is 2.78. The van der Waals surface area contributed by atoms with Gasteiger partial charge in [0.1, 0.15) is 0 Å². The second kappa shape index (κ2) is 7.48. The summed E-state index contributed by atoms with van der Waals surface area (Å²) in [5, 5.41) is 20.8. The number of aliphatic carboxylic acids is 1. The topological polar surface area (TPSA) is 82.4 Å². The van der Waals surface area contributed by atoms with Gasteiger partial charge in [-0.25, -0.2) is 0 Å². The zero-order valence-corrected chi connectivity index (χ0v) is 14.2. The Morgan fingerprint density at radius 2 is 1.96 bits per heavy atom. The maximum Gasteiger partial charge on any atom is 0.387 e. The Balaban J connectivity index is 1.84. The van der Waals surface area contributed by atoms with Crippen molar-refractivity contribution >= 4 is 5.97 Å². The van der Waals surface area contributed by atoms with Crippen molar-refractivity contribution in [2.45, 2.75) is 50.6 Å². The van der Waals surface area contributed by atoms with Gasteiger partial charge in [-0.1, -0.05) is 6.07 Å². The van der Waals surface area contributed by atoms with Crippen molar-refractivity contribution in [2.24, 2.45) is 11.8 Å². The van der Waals surface area contributed by atoms with Gasteiger partial charge in [-0.15, -0.1) is 0 Å². The van der Waals surface area contributed by atoms with Crippen LogP contribution in [0.15, 0.2) is 18.2 Å². The molecular formula is C19H20F2NO4-. The fourth-order valence-electron chi connectivity index (χ4n) is 3.42. The average Bonchev–Trinajstić information content (AvgIpc) is 3.44. The van der Waals surface area contributed by atoms with Gasteiger partial charge in [0.25, 0.3) is 0 Å². The molecule has 0 aromatic heterocycles. The zero-order chi connectivity index (χ0) is 18.7. The summed E-state index contributed by atoms with van der Waals surface area (Å²) >= 11 is 0. The van der Waals surface area contributed by atoms with Crippen molar-refractivity contribution in [3.8, 4) is 17.6 Å². The number of rotatable bonds is 7. The number of carbonyl (C=O) groups excluding carboxylic acids is 1. The number of ether oxygens (including phenoxy) is 2. The standard InChI is InChI=1S/C19H21F2NO4/c20-18(21)26-15-4-3-14(9-16(15)25-10-12-1-2-12)19(11-22)7-5-13(6-8-19)17(23)24/h3-4,9,12-13,18H,1-2,5-8,10H2,(H,23,24)/p-1. The molecule has 0 N–H and O–H groups in total. The lowest BCUT2D eigenvalue weighted by atomic mass is 9.67. The number of carboxylic acids is 1. The van der Waals surface area contributed by atoms with Gasteiger partial charge >= 0.3 is 6.61 Å². The lowest BCUT2D eigenvalue weighted by Gasteiger charge is -2.36. The van der Waals surface area contributed by atoms with Crippen molar-refractivity contribution in [3.63, 3.8) is 0 Å². The molecule has 0 radical (unpaired) electrons. The molecule has 0 saturated heterocycles. The largest absolute Gasteiger partial charge is 0.550 e. The molecule has 0 atom stereocenters. The minimum Gasteiger partial charge on any atom is -0.550 e. The van der Waals surface area contributed by atoms with Gasteiger partial charge in [0.2, 0.25) is 0 Å². The number of alkyl halides is 2. The Bertz CT molecular complexity index is 704. The molecule has 7 heteroatoms. The molecule has 0 spiro atoms. The summed E-state index contributed by atoms with van der Waals surface area (Å²) in [4.78, 5) is 11.0. The summed E-state index contributed by atoms with van der Waals surface area (Å²) in [6.07, 6.45) is 3.56. The fourth-order valence-corrected chi connectivity index (χ4v) is 3.42. The maximum absolute atomic E-state index is 12.6. The first-order chi connectivity index (χ1) is 12.4. The number of carboxylic acid groups (broad SMARTS) is 1. The SMILES string of the molecule is N#CC1(c2ccc(OC(F)F)c(OCC3CC3)c2)CCC(C(=O)[O-])CC1. The van der Waals surface area contributed by atoms with Gasteiger partial charge in [0, 0.05) is 5.97 Å². The number of nitriles is 1. The van der Waals surface area contributed by atoms with E-state index in [0.717, 1.165) is 12.8 Å². The van der Waals surface area contributed by atoms with E-state index in [4.69, 9.17) is 4.74 Å². The van der Waals surface area contributed by atoms with Crippen molar-refractivity contribution in [3.05, 3.63) is 23.8 Å². The average molecular weight is 364 g/mol. The van der Waals surface area contributed by atoms with Crippen molar-refractivity contribution in [1.82, 2.24) is 0 Å². The Labute approximate surface area is 150 Å². The smallest absolute Gasteiger partial charge is 0.387 e. The monoisotopic (exact) mass is 364 g/mol. The van der Waals surface area contributed by atoms with Crippen molar-refractivity contribution < 1.29 is 28.2 Å². The fraction of sp³-hybridized carbons (Fsp3) is 0.579. The Morgan fingerprint density at radius 1 is 1.27 bits per heavy atom. The number of hydrogen-bond acceptors (Lipinski definition) is 5. The summed E-state index contributed by atoms with van der Waals surface area (Å²) in [7, 11) is 0. The minimum atomic E-state index is -2.97. The van der Waals surface area contributed by atoms with Gasteiger partial charge in [-0.2, -0.15) is 14.0 Å². The molecule has 2 aliphatic carbocycles. The van der Waals surface area contributed by atoms with Gasteiger partial charge in [0.15, 0.2) is 11.5 Å². The molecule has 5 nitrogen and oxygen atoms in total. The summed E-state index contributed by atoms with van der Waals surface area (Å²) < 4.78 is 35.5. The molecule has 3 rings (SSSR count). The quantitative estimate of drug-likeness (QED) is 0.743. The summed E-state index contributed by atoms with van der Waals surface area (Å²) in [6, 6.07) is 6.87. The predicted molar refractivity (Wildman–Crippen MR) is 85.5 cm³/mol. The van der Waals surface area contributed by atoms with Gasteiger partial charge in [-0.05, 0) is 68.1 Å². The van der Waals surface area contributed by atoms with E-state index in [1.807, 2.05) is 0 Å². The molecular weight excluding hydrogens is 344 g/mol. The highest BCUT2D eigenvalue weighted by atomic mass is 19.3.